The highest BCUT2D eigenvalue weighted by atomic mass is 79.9. The monoisotopic (exact) mass is 437 g/mol. The zero-order chi connectivity index (χ0) is 20.3. The van der Waals surface area contributed by atoms with Gasteiger partial charge in [0.2, 0.25) is 0 Å². The molecule has 0 unspecified atom stereocenters. The van der Waals surface area contributed by atoms with Crippen LogP contribution in [0.15, 0.2) is 65.1 Å². The molecule has 0 aliphatic heterocycles. The molecule has 0 saturated carbocycles. The van der Waals surface area contributed by atoms with Crippen LogP contribution in [-0.4, -0.2) is 35.8 Å². The van der Waals surface area contributed by atoms with Crippen LogP contribution in [0, 0.1) is 6.92 Å². The molecule has 142 valence electrons. The molecule has 28 heavy (non-hydrogen) atoms. The van der Waals surface area contributed by atoms with Gasteiger partial charge in [-0.15, -0.1) is 0 Å². The molecule has 0 aliphatic carbocycles. The van der Waals surface area contributed by atoms with Gasteiger partial charge >= 0.3 is 0 Å². The second-order valence-electron chi connectivity index (χ2n) is 6.57. The molecule has 5 nitrogen and oxygen atoms in total. The van der Waals surface area contributed by atoms with E-state index in [1.165, 1.54) is 4.90 Å². The van der Waals surface area contributed by atoms with Crippen molar-refractivity contribution in [2.45, 2.75) is 6.92 Å². The third-order valence-corrected chi connectivity index (χ3v) is 4.72. The maximum Gasteiger partial charge on any atom is 0.257 e. The molecule has 2 aromatic carbocycles. The number of nitrogens with one attached hydrogen (secondary N) is 1. The first-order valence-electron chi connectivity index (χ1n) is 8.72. The number of hydrogen-bond acceptors (Lipinski definition) is 3. The van der Waals surface area contributed by atoms with Gasteiger partial charge in [0.1, 0.15) is 0 Å². The van der Waals surface area contributed by atoms with E-state index in [1.54, 1.807) is 44.4 Å². The number of rotatable bonds is 4. The minimum absolute atomic E-state index is 0.118. The molecule has 2 amide bonds. The van der Waals surface area contributed by atoms with Crippen LogP contribution in [-0.2, 0) is 0 Å². The number of carbonyl (C=O) groups is 2. The summed E-state index contributed by atoms with van der Waals surface area (Å²) in [7, 11) is 3.38. The molecule has 6 heteroatoms. The van der Waals surface area contributed by atoms with Gasteiger partial charge in [0, 0.05) is 35.4 Å². The van der Waals surface area contributed by atoms with Crippen molar-refractivity contribution in [1.82, 2.24) is 9.88 Å². The molecular weight excluding hydrogens is 418 g/mol. The van der Waals surface area contributed by atoms with E-state index in [0.717, 1.165) is 15.7 Å². The minimum atomic E-state index is -0.264. The standard InChI is InChI=1S/C22H20BrN3O2/c1-14-19(10-11-20(24-14)15-6-4-8-17(23)12-15)21(27)25-18-9-5-7-16(13-18)22(28)26(2)3/h4-13H,1-3H3,(H,25,27). The fourth-order valence-corrected chi connectivity index (χ4v) is 3.20. The van der Waals surface area contributed by atoms with E-state index >= 15 is 0 Å². The molecule has 0 atom stereocenters. The third kappa shape index (κ3) is 4.46. The average Bonchev–Trinajstić information content (AvgIpc) is 2.67. The Balaban J connectivity index is 1.82. The first-order valence-corrected chi connectivity index (χ1v) is 9.51. The SMILES string of the molecule is Cc1nc(-c2cccc(Br)c2)ccc1C(=O)Nc1cccc(C(=O)N(C)C)c1. The van der Waals surface area contributed by atoms with Gasteiger partial charge in [0.25, 0.3) is 11.8 Å². The zero-order valence-electron chi connectivity index (χ0n) is 15.9. The van der Waals surface area contributed by atoms with Gasteiger partial charge in [-0.25, -0.2) is 0 Å². The highest BCUT2D eigenvalue weighted by Crippen LogP contribution is 2.23. The van der Waals surface area contributed by atoms with Crippen molar-refractivity contribution < 1.29 is 9.59 Å². The second-order valence-corrected chi connectivity index (χ2v) is 7.49. The van der Waals surface area contributed by atoms with E-state index in [-0.39, 0.29) is 11.8 Å². The van der Waals surface area contributed by atoms with Gasteiger partial charge < -0.3 is 10.2 Å². The van der Waals surface area contributed by atoms with Crippen molar-refractivity contribution in [2.75, 3.05) is 19.4 Å². The van der Waals surface area contributed by atoms with Gasteiger partial charge in [-0.3, -0.25) is 14.6 Å². The van der Waals surface area contributed by atoms with Crippen LogP contribution >= 0.6 is 15.9 Å². The normalized spacial score (nSPS) is 10.4. The number of aryl methyl sites for hydroxylation is 1. The number of amides is 2. The van der Waals surface area contributed by atoms with Crippen LogP contribution in [0.2, 0.25) is 0 Å². The van der Waals surface area contributed by atoms with Crippen LogP contribution in [0.1, 0.15) is 26.4 Å². The molecule has 0 radical (unpaired) electrons. The third-order valence-electron chi connectivity index (χ3n) is 4.22. The highest BCUT2D eigenvalue weighted by Gasteiger charge is 2.14. The lowest BCUT2D eigenvalue weighted by atomic mass is 10.1. The van der Waals surface area contributed by atoms with Gasteiger partial charge in [-0.05, 0) is 49.4 Å². The summed E-state index contributed by atoms with van der Waals surface area (Å²) in [5.41, 5.74) is 3.97. The number of carbonyl (C=O) groups excluding carboxylic acids is 2. The van der Waals surface area contributed by atoms with E-state index in [1.807, 2.05) is 37.3 Å². The van der Waals surface area contributed by atoms with Gasteiger partial charge in [0.05, 0.1) is 17.0 Å². The van der Waals surface area contributed by atoms with Crippen molar-refractivity contribution in [3.05, 3.63) is 82.0 Å². The van der Waals surface area contributed by atoms with Crippen LogP contribution in [0.4, 0.5) is 5.69 Å². The number of hydrogen-bond donors (Lipinski definition) is 1. The van der Waals surface area contributed by atoms with Crippen molar-refractivity contribution in [3.8, 4) is 11.3 Å². The number of pyridine rings is 1. The fourth-order valence-electron chi connectivity index (χ4n) is 2.80. The van der Waals surface area contributed by atoms with Crippen LogP contribution in [0.25, 0.3) is 11.3 Å². The Morgan fingerprint density at radius 2 is 1.75 bits per heavy atom. The molecule has 0 saturated heterocycles. The number of benzene rings is 2. The Hall–Kier alpha value is -2.99. The lowest BCUT2D eigenvalue weighted by molar-refractivity contribution is 0.0827. The van der Waals surface area contributed by atoms with Gasteiger partial charge in [-0.2, -0.15) is 0 Å². The Kier molecular flexibility index (Phi) is 5.90. The summed E-state index contributed by atoms with van der Waals surface area (Å²) < 4.78 is 0.971. The topological polar surface area (TPSA) is 62.3 Å². The predicted octanol–water partition coefficient (Wildman–Crippen LogP) is 4.77. The Morgan fingerprint density at radius 1 is 1.00 bits per heavy atom. The zero-order valence-corrected chi connectivity index (χ0v) is 17.4. The van der Waals surface area contributed by atoms with E-state index in [4.69, 9.17) is 0 Å². The van der Waals surface area contributed by atoms with Crippen molar-refractivity contribution in [1.29, 1.82) is 0 Å². The number of halogens is 1. The molecule has 1 aromatic heterocycles. The molecule has 0 aliphatic rings. The summed E-state index contributed by atoms with van der Waals surface area (Å²) in [5, 5.41) is 2.84. The van der Waals surface area contributed by atoms with Crippen LogP contribution < -0.4 is 5.32 Å². The van der Waals surface area contributed by atoms with E-state index in [9.17, 15) is 9.59 Å². The minimum Gasteiger partial charge on any atom is -0.345 e. The average molecular weight is 438 g/mol. The largest absolute Gasteiger partial charge is 0.345 e. The van der Waals surface area contributed by atoms with Gasteiger partial charge in [0.15, 0.2) is 0 Å². The molecule has 3 aromatic rings. The predicted molar refractivity (Wildman–Crippen MR) is 115 cm³/mol. The number of anilines is 1. The first kappa shape index (κ1) is 19.8. The summed E-state index contributed by atoms with van der Waals surface area (Å²) >= 11 is 3.46. The lowest BCUT2D eigenvalue weighted by Crippen LogP contribution is -2.22. The molecule has 0 fully saturated rings. The summed E-state index contributed by atoms with van der Waals surface area (Å²) in [4.78, 5) is 30.9. The molecule has 1 heterocycles. The maximum atomic E-state index is 12.7. The van der Waals surface area contributed by atoms with Crippen LogP contribution in [0.3, 0.4) is 0 Å². The van der Waals surface area contributed by atoms with Crippen molar-refractivity contribution in [3.63, 3.8) is 0 Å². The van der Waals surface area contributed by atoms with Crippen LogP contribution in [0.5, 0.6) is 0 Å². The van der Waals surface area contributed by atoms with E-state index in [2.05, 4.69) is 26.2 Å². The maximum absolute atomic E-state index is 12.7. The Labute approximate surface area is 172 Å². The van der Waals surface area contributed by atoms with E-state index in [0.29, 0.717) is 22.5 Å². The van der Waals surface area contributed by atoms with E-state index < -0.39 is 0 Å². The number of aromatic nitrogens is 1. The van der Waals surface area contributed by atoms with Crippen molar-refractivity contribution in [2.24, 2.45) is 0 Å². The number of nitrogens with zero attached hydrogens (tertiary/aromatic N) is 2. The smallest absolute Gasteiger partial charge is 0.257 e. The molecule has 3 rings (SSSR count). The summed E-state index contributed by atoms with van der Waals surface area (Å²) in [5.74, 6) is -0.382. The fraction of sp³-hybridized carbons (Fsp3) is 0.136. The Morgan fingerprint density at radius 3 is 2.43 bits per heavy atom. The molecule has 0 spiro atoms. The summed E-state index contributed by atoms with van der Waals surface area (Å²) in [6.07, 6.45) is 0. The first-order chi connectivity index (χ1) is 13.3. The molecule has 1 N–H and O–H groups in total. The quantitative estimate of drug-likeness (QED) is 0.638. The Bertz CT molecular complexity index is 1050. The lowest BCUT2D eigenvalue weighted by Gasteiger charge is -2.12. The second kappa shape index (κ2) is 8.35. The van der Waals surface area contributed by atoms with Gasteiger partial charge in [-0.1, -0.05) is 34.1 Å². The molecule has 0 bridgehead atoms. The summed E-state index contributed by atoms with van der Waals surface area (Å²) in [6.45, 7) is 1.81. The summed E-state index contributed by atoms with van der Waals surface area (Å²) in [6, 6.07) is 18.3. The highest BCUT2D eigenvalue weighted by molar-refractivity contribution is 9.10. The van der Waals surface area contributed by atoms with Crippen molar-refractivity contribution >= 4 is 33.4 Å². The molecular formula is C22H20BrN3O2.